The molecule has 0 spiro atoms. The van der Waals surface area contributed by atoms with E-state index >= 15 is 0 Å². The number of unbranched alkanes of at least 4 members (excludes halogenated alkanes) is 3. The van der Waals surface area contributed by atoms with Crippen LogP contribution in [0.2, 0.25) is 0 Å². The van der Waals surface area contributed by atoms with Crippen molar-refractivity contribution in [3.05, 3.63) is 52.9 Å². The third kappa shape index (κ3) is 5.07. The number of aromatic nitrogens is 3. The minimum absolute atomic E-state index is 0.0610. The third-order valence-electron chi connectivity index (χ3n) is 4.38. The van der Waals surface area contributed by atoms with E-state index in [0.717, 1.165) is 11.3 Å². The first-order chi connectivity index (χ1) is 13.6. The maximum Gasteiger partial charge on any atom is 0.336 e. The molecule has 0 atom stereocenters. The molecule has 148 valence electrons. The van der Waals surface area contributed by atoms with Gasteiger partial charge in [0.1, 0.15) is 0 Å². The minimum Gasteiger partial charge on any atom is -0.460 e. The predicted molar refractivity (Wildman–Crippen MR) is 113 cm³/mol. The van der Waals surface area contributed by atoms with Crippen molar-refractivity contribution < 1.29 is 9.53 Å². The molecule has 0 unspecified atom stereocenters. The molecule has 0 aliphatic heterocycles. The zero-order chi connectivity index (χ0) is 19.9. The lowest BCUT2D eigenvalue weighted by Gasteiger charge is -2.06. The summed E-state index contributed by atoms with van der Waals surface area (Å²) < 4.78 is 6.96. The molecule has 0 amide bonds. The number of hydrogen-bond donors (Lipinski definition) is 0. The van der Waals surface area contributed by atoms with Gasteiger partial charge in [-0.15, -0.1) is 16.4 Å². The van der Waals surface area contributed by atoms with Crippen LogP contribution in [0.15, 0.2) is 41.8 Å². The topological polar surface area (TPSA) is 57.0 Å². The predicted octanol–water partition coefficient (Wildman–Crippen LogP) is 5.61. The lowest BCUT2D eigenvalue weighted by atomic mass is 10.0. The van der Waals surface area contributed by atoms with Gasteiger partial charge in [0.2, 0.25) is 0 Å². The van der Waals surface area contributed by atoms with Crippen molar-refractivity contribution in [2.45, 2.75) is 59.0 Å². The first-order valence-electron chi connectivity index (χ1n) is 9.89. The van der Waals surface area contributed by atoms with Gasteiger partial charge in [-0.1, -0.05) is 44.4 Å². The van der Waals surface area contributed by atoms with Crippen LogP contribution in [-0.4, -0.2) is 26.8 Å². The van der Waals surface area contributed by atoms with E-state index in [-0.39, 0.29) is 18.0 Å². The smallest absolute Gasteiger partial charge is 0.336 e. The van der Waals surface area contributed by atoms with E-state index in [2.05, 4.69) is 17.0 Å². The van der Waals surface area contributed by atoms with Crippen molar-refractivity contribution in [3.8, 4) is 16.7 Å². The van der Waals surface area contributed by atoms with Gasteiger partial charge >= 0.3 is 6.01 Å². The largest absolute Gasteiger partial charge is 0.460 e. The van der Waals surface area contributed by atoms with E-state index in [1.54, 1.807) is 0 Å². The van der Waals surface area contributed by atoms with Crippen LogP contribution in [0.4, 0.5) is 0 Å². The number of nitrogens with zero attached hydrogens (tertiary/aromatic N) is 3. The van der Waals surface area contributed by atoms with Crippen molar-refractivity contribution in [1.82, 2.24) is 14.8 Å². The van der Waals surface area contributed by atoms with Crippen molar-refractivity contribution in [3.63, 3.8) is 0 Å². The van der Waals surface area contributed by atoms with Crippen LogP contribution in [0.5, 0.6) is 6.01 Å². The summed E-state index contributed by atoms with van der Waals surface area (Å²) in [4.78, 5) is 18.4. The second kappa shape index (κ2) is 9.64. The van der Waals surface area contributed by atoms with E-state index in [1.165, 1.54) is 47.3 Å². The van der Waals surface area contributed by atoms with E-state index in [0.29, 0.717) is 11.4 Å². The lowest BCUT2D eigenvalue weighted by Crippen LogP contribution is -2.15. The lowest BCUT2D eigenvalue weighted by molar-refractivity contribution is 0.0943. The number of rotatable bonds is 9. The molecule has 0 saturated heterocycles. The Kier molecular flexibility index (Phi) is 6.98. The molecular formula is C22H27N3O2S. The highest BCUT2D eigenvalue weighted by Gasteiger charge is 2.21. The maximum absolute atomic E-state index is 13.1. The maximum atomic E-state index is 13.1. The van der Waals surface area contributed by atoms with Crippen molar-refractivity contribution >= 4 is 17.2 Å². The van der Waals surface area contributed by atoms with Gasteiger partial charge in [-0.3, -0.25) is 4.79 Å². The highest BCUT2D eigenvalue weighted by molar-refractivity contribution is 7.13. The quantitative estimate of drug-likeness (QED) is 0.441. The number of carbonyl (C=O) groups is 1. The molecule has 3 rings (SSSR count). The second-order valence-corrected chi connectivity index (χ2v) is 8.03. The van der Waals surface area contributed by atoms with Crippen LogP contribution in [0, 0.1) is 0 Å². The van der Waals surface area contributed by atoms with Crippen LogP contribution in [-0.2, 0) is 6.42 Å². The number of aryl methyl sites for hydroxylation is 1. The standard InChI is InChI=1S/C22H27N3O2S/c1-4-5-6-7-9-17-11-13-18(14-12-17)21(26)25-20(19-10-8-15-28-19)23-22(24-25)27-16(2)3/h8,10-16H,4-7,9H2,1-3H3. The summed E-state index contributed by atoms with van der Waals surface area (Å²) in [5.74, 6) is 0.311. The molecule has 0 saturated carbocycles. The van der Waals surface area contributed by atoms with E-state index in [4.69, 9.17) is 4.74 Å². The number of hydrogen-bond acceptors (Lipinski definition) is 5. The molecular weight excluding hydrogens is 370 g/mol. The van der Waals surface area contributed by atoms with Crippen LogP contribution < -0.4 is 4.74 Å². The summed E-state index contributed by atoms with van der Waals surface area (Å²) in [6.07, 6.45) is 5.93. The van der Waals surface area contributed by atoms with E-state index in [1.807, 2.05) is 55.6 Å². The van der Waals surface area contributed by atoms with Gasteiger partial charge in [-0.2, -0.15) is 9.67 Å². The Labute approximate surface area is 170 Å². The minimum atomic E-state index is -0.202. The molecule has 3 aromatic rings. The zero-order valence-corrected chi connectivity index (χ0v) is 17.5. The first kappa shape index (κ1) is 20.3. The van der Waals surface area contributed by atoms with Gasteiger partial charge in [0.25, 0.3) is 5.91 Å². The molecule has 2 heterocycles. The highest BCUT2D eigenvalue weighted by Crippen LogP contribution is 2.26. The zero-order valence-electron chi connectivity index (χ0n) is 16.7. The van der Waals surface area contributed by atoms with Gasteiger partial charge in [0.15, 0.2) is 5.82 Å². The Morgan fingerprint density at radius 2 is 1.93 bits per heavy atom. The molecule has 0 aliphatic rings. The van der Waals surface area contributed by atoms with Crippen molar-refractivity contribution in [1.29, 1.82) is 0 Å². The summed E-state index contributed by atoms with van der Waals surface area (Å²) in [7, 11) is 0. The normalized spacial score (nSPS) is 11.1. The summed E-state index contributed by atoms with van der Waals surface area (Å²) >= 11 is 1.52. The number of thiophene rings is 1. The van der Waals surface area contributed by atoms with Gasteiger partial charge in [0, 0.05) is 5.56 Å². The Bertz CT molecular complexity index is 883. The first-order valence-corrected chi connectivity index (χ1v) is 10.8. The SMILES string of the molecule is CCCCCCc1ccc(C(=O)n2nc(OC(C)C)nc2-c2cccs2)cc1. The van der Waals surface area contributed by atoms with Gasteiger partial charge in [-0.05, 0) is 55.8 Å². The highest BCUT2D eigenvalue weighted by atomic mass is 32.1. The second-order valence-electron chi connectivity index (χ2n) is 7.09. The van der Waals surface area contributed by atoms with Crippen molar-refractivity contribution in [2.24, 2.45) is 0 Å². The fourth-order valence-corrected chi connectivity index (χ4v) is 3.65. The molecule has 0 radical (unpaired) electrons. The molecule has 0 aliphatic carbocycles. The molecule has 0 N–H and O–H groups in total. The summed E-state index contributed by atoms with van der Waals surface area (Å²) in [5.41, 5.74) is 1.85. The fraction of sp³-hybridized carbons (Fsp3) is 0.409. The Morgan fingerprint density at radius 1 is 1.14 bits per heavy atom. The van der Waals surface area contributed by atoms with Gasteiger partial charge < -0.3 is 4.74 Å². The average Bonchev–Trinajstić information content (AvgIpc) is 3.34. The molecule has 28 heavy (non-hydrogen) atoms. The number of carbonyl (C=O) groups excluding carboxylic acids is 1. The van der Waals surface area contributed by atoms with E-state index in [9.17, 15) is 4.79 Å². The van der Waals surface area contributed by atoms with Crippen LogP contribution >= 0.6 is 11.3 Å². The van der Waals surface area contributed by atoms with Gasteiger partial charge in [-0.25, -0.2) is 0 Å². The number of benzene rings is 1. The van der Waals surface area contributed by atoms with Crippen LogP contribution in [0.3, 0.4) is 0 Å². The molecule has 1 aromatic carbocycles. The molecule has 0 bridgehead atoms. The Hall–Kier alpha value is -2.47. The molecule has 2 aromatic heterocycles. The summed E-state index contributed by atoms with van der Waals surface area (Å²) in [5, 5.41) is 6.27. The fourth-order valence-electron chi connectivity index (χ4n) is 2.95. The monoisotopic (exact) mass is 397 g/mol. The molecule has 0 fully saturated rings. The number of ether oxygens (including phenoxy) is 1. The molecule has 6 heteroatoms. The average molecular weight is 398 g/mol. The molecule has 5 nitrogen and oxygen atoms in total. The Morgan fingerprint density at radius 3 is 2.57 bits per heavy atom. The Balaban J connectivity index is 1.80. The summed E-state index contributed by atoms with van der Waals surface area (Å²) in [6.45, 7) is 6.03. The third-order valence-corrected chi connectivity index (χ3v) is 5.25. The van der Waals surface area contributed by atoms with Gasteiger partial charge in [0.05, 0.1) is 11.0 Å². The van der Waals surface area contributed by atoms with Crippen LogP contribution in [0.1, 0.15) is 62.4 Å². The summed E-state index contributed by atoms with van der Waals surface area (Å²) in [6, 6.07) is 11.9. The van der Waals surface area contributed by atoms with Crippen LogP contribution in [0.25, 0.3) is 10.7 Å². The van der Waals surface area contributed by atoms with E-state index < -0.39 is 0 Å². The van der Waals surface area contributed by atoms with Crippen molar-refractivity contribution in [2.75, 3.05) is 0 Å².